The summed E-state index contributed by atoms with van der Waals surface area (Å²) in [7, 11) is -3.82. The number of fused-ring (bicyclic) bond motifs is 1. The number of nitrogens with zero attached hydrogens (tertiary/aromatic N) is 3. The van der Waals surface area contributed by atoms with Gasteiger partial charge in [-0.15, -0.1) is 0 Å². The number of aromatic nitrogens is 3. The van der Waals surface area contributed by atoms with Crippen LogP contribution in [0.2, 0.25) is 0 Å². The normalized spacial score (nSPS) is 15.7. The zero-order valence-corrected chi connectivity index (χ0v) is 16.3. The molecule has 1 fully saturated rings. The van der Waals surface area contributed by atoms with Gasteiger partial charge in [-0.2, -0.15) is 13.2 Å². The lowest BCUT2D eigenvalue weighted by atomic mass is 10.1. The van der Waals surface area contributed by atoms with Crippen LogP contribution in [0, 0.1) is 5.92 Å². The van der Waals surface area contributed by atoms with Gasteiger partial charge in [0.15, 0.2) is 0 Å². The predicted octanol–water partition coefficient (Wildman–Crippen LogP) is 3.86. The highest BCUT2D eigenvalue weighted by Crippen LogP contribution is 2.38. The molecule has 7 nitrogen and oxygen atoms in total. The molecule has 0 spiro atoms. The minimum absolute atomic E-state index is 0.0417. The van der Waals surface area contributed by atoms with Crippen molar-refractivity contribution in [3.63, 3.8) is 0 Å². The number of para-hydroxylation sites is 2. The first-order valence-electron chi connectivity index (χ1n) is 9.12. The maximum absolute atomic E-state index is 13.7. The van der Waals surface area contributed by atoms with E-state index in [-0.39, 0.29) is 28.6 Å². The summed E-state index contributed by atoms with van der Waals surface area (Å²) in [6.45, 7) is 0. The van der Waals surface area contributed by atoms with Crippen LogP contribution in [-0.2, 0) is 10.0 Å². The summed E-state index contributed by atoms with van der Waals surface area (Å²) in [5.41, 5.74) is 0.397. The number of ether oxygens (including phenoxy) is 1. The van der Waals surface area contributed by atoms with E-state index in [1.165, 1.54) is 24.5 Å². The molecule has 11 heteroatoms. The number of pyridine rings is 1. The predicted molar refractivity (Wildman–Crippen MR) is 103 cm³/mol. The van der Waals surface area contributed by atoms with Crippen molar-refractivity contribution in [2.75, 3.05) is 10.5 Å². The third-order valence-electron chi connectivity index (χ3n) is 4.48. The standard InChI is InChI=1S/C19H17F3N4O3S/c20-19(21,22)16(13-7-9-23-10-8-13)29-18-17(26-30(27,28)11-12-5-6-12)24-14-3-1-2-4-15(14)25-18/h1-4,7-10,12,16H,5-6,11H2,(H,24,26). The Morgan fingerprint density at radius 3 is 2.30 bits per heavy atom. The van der Waals surface area contributed by atoms with Gasteiger partial charge in [-0.1, -0.05) is 12.1 Å². The number of hydrogen-bond acceptors (Lipinski definition) is 6. The topological polar surface area (TPSA) is 94.1 Å². The van der Waals surface area contributed by atoms with Gasteiger partial charge in [0.2, 0.25) is 21.9 Å². The van der Waals surface area contributed by atoms with E-state index in [9.17, 15) is 21.6 Å². The summed E-state index contributed by atoms with van der Waals surface area (Å²) in [5.74, 6) is -1.02. The number of nitrogens with one attached hydrogen (secondary N) is 1. The van der Waals surface area contributed by atoms with Crippen molar-refractivity contribution in [3.05, 3.63) is 54.4 Å². The van der Waals surface area contributed by atoms with Crippen molar-refractivity contribution >= 4 is 26.9 Å². The van der Waals surface area contributed by atoms with Crippen LogP contribution in [-0.4, -0.2) is 35.3 Å². The number of halogens is 3. The van der Waals surface area contributed by atoms with Gasteiger partial charge in [0.25, 0.3) is 5.88 Å². The number of sulfonamides is 1. The molecule has 1 aromatic carbocycles. The Kier molecular flexibility index (Phi) is 5.22. The van der Waals surface area contributed by atoms with Crippen LogP contribution in [0.25, 0.3) is 11.0 Å². The van der Waals surface area contributed by atoms with Gasteiger partial charge in [-0.25, -0.2) is 18.4 Å². The molecule has 1 unspecified atom stereocenters. The highest BCUT2D eigenvalue weighted by molar-refractivity contribution is 7.92. The van der Waals surface area contributed by atoms with Crippen LogP contribution in [0.5, 0.6) is 5.88 Å². The van der Waals surface area contributed by atoms with Gasteiger partial charge >= 0.3 is 6.18 Å². The average molecular weight is 438 g/mol. The molecule has 0 bridgehead atoms. The van der Waals surface area contributed by atoms with Crippen LogP contribution >= 0.6 is 0 Å². The molecule has 1 atom stereocenters. The SMILES string of the molecule is O=S(=O)(CC1CC1)Nc1nc2ccccc2nc1OC(c1ccncc1)C(F)(F)F. The summed E-state index contributed by atoms with van der Waals surface area (Å²) in [6, 6.07) is 8.77. The molecule has 158 valence electrons. The van der Waals surface area contributed by atoms with E-state index in [4.69, 9.17) is 4.74 Å². The molecular weight excluding hydrogens is 421 g/mol. The van der Waals surface area contributed by atoms with E-state index in [0.717, 1.165) is 12.8 Å². The van der Waals surface area contributed by atoms with Crippen LogP contribution in [0.3, 0.4) is 0 Å². The second-order valence-electron chi connectivity index (χ2n) is 7.01. The first kappa shape index (κ1) is 20.3. The number of benzene rings is 1. The van der Waals surface area contributed by atoms with Crippen molar-refractivity contribution < 1.29 is 26.3 Å². The number of rotatable bonds is 7. The van der Waals surface area contributed by atoms with E-state index in [0.29, 0.717) is 5.52 Å². The molecule has 4 rings (SSSR count). The summed E-state index contributed by atoms with van der Waals surface area (Å²) in [4.78, 5) is 12.0. The average Bonchev–Trinajstić information content (AvgIpc) is 3.49. The summed E-state index contributed by atoms with van der Waals surface area (Å²) < 4.78 is 73.5. The van der Waals surface area contributed by atoms with Crippen LogP contribution in [0.1, 0.15) is 24.5 Å². The van der Waals surface area contributed by atoms with Crippen molar-refractivity contribution in [3.8, 4) is 5.88 Å². The van der Waals surface area contributed by atoms with Gasteiger partial charge < -0.3 is 4.74 Å². The summed E-state index contributed by atoms with van der Waals surface area (Å²) in [5, 5.41) is 0. The van der Waals surface area contributed by atoms with Crippen molar-refractivity contribution in [1.82, 2.24) is 15.0 Å². The van der Waals surface area contributed by atoms with Crippen LogP contribution < -0.4 is 9.46 Å². The van der Waals surface area contributed by atoms with E-state index in [1.807, 2.05) is 0 Å². The first-order chi connectivity index (χ1) is 14.2. The molecule has 1 aliphatic carbocycles. The Morgan fingerprint density at radius 2 is 1.70 bits per heavy atom. The third kappa shape index (κ3) is 4.78. The van der Waals surface area contributed by atoms with E-state index < -0.39 is 28.2 Å². The molecule has 1 aliphatic rings. The molecule has 1 N–H and O–H groups in total. The minimum atomic E-state index is -4.78. The summed E-state index contributed by atoms with van der Waals surface area (Å²) >= 11 is 0. The molecule has 0 amide bonds. The fourth-order valence-corrected chi connectivity index (χ4v) is 4.35. The lowest BCUT2D eigenvalue weighted by Gasteiger charge is -2.22. The van der Waals surface area contributed by atoms with Gasteiger partial charge in [0.1, 0.15) is 0 Å². The van der Waals surface area contributed by atoms with E-state index in [1.54, 1.807) is 24.3 Å². The van der Waals surface area contributed by atoms with Gasteiger partial charge in [0, 0.05) is 18.0 Å². The molecule has 2 heterocycles. The van der Waals surface area contributed by atoms with E-state index >= 15 is 0 Å². The largest absolute Gasteiger partial charge is 0.457 e. The second kappa shape index (κ2) is 7.71. The van der Waals surface area contributed by atoms with Gasteiger partial charge in [-0.05, 0) is 43.0 Å². The first-order valence-corrected chi connectivity index (χ1v) is 10.8. The Morgan fingerprint density at radius 1 is 1.07 bits per heavy atom. The van der Waals surface area contributed by atoms with Crippen molar-refractivity contribution in [2.45, 2.75) is 25.1 Å². The fraction of sp³-hybridized carbons (Fsp3) is 0.316. The van der Waals surface area contributed by atoms with E-state index in [2.05, 4.69) is 19.7 Å². The third-order valence-corrected chi connectivity index (χ3v) is 5.89. The maximum Gasteiger partial charge on any atom is 0.429 e. The van der Waals surface area contributed by atoms with Crippen molar-refractivity contribution in [1.29, 1.82) is 0 Å². The zero-order valence-electron chi connectivity index (χ0n) is 15.5. The fourth-order valence-electron chi connectivity index (χ4n) is 2.89. The Labute approximate surface area is 170 Å². The molecule has 3 aromatic rings. The number of alkyl halides is 3. The maximum atomic E-state index is 13.7. The summed E-state index contributed by atoms with van der Waals surface area (Å²) in [6.07, 6.45) is -3.13. The quantitative estimate of drug-likeness (QED) is 0.602. The smallest absolute Gasteiger partial charge is 0.429 e. The molecule has 30 heavy (non-hydrogen) atoms. The van der Waals surface area contributed by atoms with Crippen LogP contribution in [0.4, 0.5) is 19.0 Å². The molecule has 1 saturated carbocycles. The lowest BCUT2D eigenvalue weighted by Crippen LogP contribution is -2.27. The molecule has 2 aromatic heterocycles. The lowest BCUT2D eigenvalue weighted by molar-refractivity contribution is -0.198. The van der Waals surface area contributed by atoms with Crippen LogP contribution in [0.15, 0.2) is 48.8 Å². The van der Waals surface area contributed by atoms with Gasteiger partial charge in [0.05, 0.1) is 16.8 Å². The Bertz CT molecular complexity index is 1150. The second-order valence-corrected chi connectivity index (χ2v) is 8.78. The molecular formula is C19H17F3N4O3S. The zero-order chi connectivity index (χ0) is 21.4. The van der Waals surface area contributed by atoms with Crippen molar-refractivity contribution in [2.24, 2.45) is 5.92 Å². The molecule has 0 radical (unpaired) electrons. The highest BCUT2D eigenvalue weighted by Gasteiger charge is 2.44. The Balaban J connectivity index is 1.75. The number of hydrogen-bond donors (Lipinski definition) is 1. The van der Waals surface area contributed by atoms with Gasteiger partial charge in [-0.3, -0.25) is 9.71 Å². The monoisotopic (exact) mass is 438 g/mol. The molecule has 0 aliphatic heterocycles. The Hall–Kier alpha value is -2.95. The highest BCUT2D eigenvalue weighted by atomic mass is 32.2. The minimum Gasteiger partial charge on any atom is -0.457 e. The molecule has 0 saturated heterocycles. The number of anilines is 1.